The number of hydrogen-bond donors (Lipinski definition) is 1. The molecule has 8 heteroatoms. The van der Waals surface area contributed by atoms with Gasteiger partial charge in [0.05, 0.1) is 31.5 Å². The average molecular weight is 345 g/mol. The third kappa shape index (κ3) is 3.52. The lowest BCUT2D eigenvalue weighted by atomic mass is 10.1. The fraction of sp³-hybridized carbons (Fsp3) is 0.471. The molecule has 2 N–H and O–H groups in total. The van der Waals surface area contributed by atoms with E-state index in [1.807, 2.05) is 32.9 Å². The Morgan fingerprint density at radius 1 is 1.28 bits per heavy atom. The topological polar surface area (TPSA) is 95.5 Å². The van der Waals surface area contributed by atoms with E-state index in [2.05, 4.69) is 10.1 Å². The van der Waals surface area contributed by atoms with Crippen LogP contribution in [-0.2, 0) is 17.8 Å². The second-order valence-corrected chi connectivity index (χ2v) is 6.90. The van der Waals surface area contributed by atoms with E-state index < -0.39 is 5.60 Å². The maximum absolute atomic E-state index is 12.3. The number of carbonyl (C=O) groups is 1. The Labute approximate surface area is 146 Å². The van der Waals surface area contributed by atoms with Crippen molar-refractivity contribution in [3.8, 4) is 17.1 Å². The fourth-order valence-corrected chi connectivity index (χ4v) is 2.69. The van der Waals surface area contributed by atoms with Crippen molar-refractivity contribution in [1.29, 1.82) is 0 Å². The summed E-state index contributed by atoms with van der Waals surface area (Å²) in [5, 5.41) is 4.53. The van der Waals surface area contributed by atoms with E-state index in [0.29, 0.717) is 42.7 Å². The number of carbonyl (C=O) groups excluding carboxylic acids is 1. The zero-order valence-electron chi connectivity index (χ0n) is 14.9. The molecular formula is C17H23N5O3. The minimum Gasteiger partial charge on any atom is -0.494 e. The molecule has 0 fully saturated rings. The number of para-hydroxylation sites is 1. The van der Waals surface area contributed by atoms with Crippen LogP contribution in [0, 0.1) is 0 Å². The minimum absolute atomic E-state index is 0.343. The number of aromatic nitrogens is 3. The number of amides is 1. The van der Waals surface area contributed by atoms with Crippen LogP contribution in [0.1, 0.15) is 26.6 Å². The molecule has 0 unspecified atom stereocenters. The molecule has 0 atom stereocenters. The van der Waals surface area contributed by atoms with Crippen LogP contribution in [0.15, 0.2) is 18.2 Å². The van der Waals surface area contributed by atoms with Crippen molar-refractivity contribution in [1.82, 2.24) is 19.7 Å². The van der Waals surface area contributed by atoms with Gasteiger partial charge in [-0.3, -0.25) is 4.90 Å². The van der Waals surface area contributed by atoms with Crippen LogP contribution in [0.3, 0.4) is 0 Å². The van der Waals surface area contributed by atoms with E-state index in [1.54, 1.807) is 22.8 Å². The molecular weight excluding hydrogens is 322 g/mol. The molecule has 2 aromatic rings. The second-order valence-electron chi connectivity index (χ2n) is 6.90. The number of ether oxygens (including phenoxy) is 2. The molecule has 0 bridgehead atoms. The molecule has 1 aliphatic heterocycles. The van der Waals surface area contributed by atoms with Gasteiger partial charge in [0.25, 0.3) is 0 Å². The molecule has 2 heterocycles. The number of nitrogens with zero attached hydrogens (tertiary/aromatic N) is 4. The Kier molecular flexibility index (Phi) is 4.28. The van der Waals surface area contributed by atoms with Gasteiger partial charge in [0.1, 0.15) is 11.4 Å². The van der Waals surface area contributed by atoms with Crippen molar-refractivity contribution in [2.24, 2.45) is 0 Å². The van der Waals surface area contributed by atoms with Crippen molar-refractivity contribution in [3.63, 3.8) is 0 Å². The monoisotopic (exact) mass is 345 g/mol. The first kappa shape index (κ1) is 17.1. The highest BCUT2D eigenvalue weighted by molar-refractivity contribution is 5.73. The average Bonchev–Trinajstić information content (AvgIpc) is 2.95. The SMILES string of the molecule is COc1c(N)cccc1-c1nc2n(n1)CCN(C(=O)OC(C)(C)C)C2. The summed E-state index contributed by atoms with van der Waals surface area (Å²) in [7, 11) is 1.56. The first-order chi connectivity index (χ1) is 11.8. The Morgan fingerprint density at radius 3 is 2.72 bits per heavy atom. The number of nitrogen functional groups attached to an aromatic ring is 1. The fourth-order valence-electron chi connectivity index (χ4n) is 2.69. The molecule has 1 aromatic heterocycles. The van der Waals surface area contributed by atoms with E-state index >= 15 is 0 Å². The van der Waals surface area contributed by atoms with Crippen LogP contribution >= 0.6 is 0 Å². The summed E-state index contributed by atoms with van der Waals surface area (Å²) >= 11 is 0. The number of hydrogen-bond acceptors (Lipinski definition) is 6. The molecule has 8 nitrogen and oxygen atoms in total. The second kappa shape index (κ2) is 6.27. The number of fused-ring (bicyclic) bond motifs is 1. The molecule has 25 heavy (non-hydrogen) atoms. The molecule has 0 saturated carbocycles. The normalized spacial score (nSPS) is 14.2. The predicted octanol–water partition coefficient (Wildman–Crippen LogP) is 2.29. The molecule has 0 radical (unpaired) electrons. The quantitative estimate of drug-likeness (QED) is 0.839. The summed E-state index contributed by atoms with van der Waals surface area (Å²) in [5.41, 5.74) is 6.69. The highest BCUT2D eigenvalue weighted by atomic mass is 16.6. The van der Waals surface area contributed by atoms with Gasteiger partial charge < -0.3 is 15.2 Å². The van der Waals surface area contributed by atoms with Gasteiger partial charge in [-0.2, -0.15) is 5.10 Å². The van der Waals surface area contributed by atoms with Crippen molar-refractivity contribution in [2.75, 3.05) is 19.4 Å². The summed E-state index contributed by atoms with van der Waals surface area (Å²) in [6.45, 7) is 6.99. The number of anilines is 1. The van der Waals surface area contributed by atoms with Crippen molar-refractivity contribution < 1.29 is 14.3 Å². The van der Waals surface area contributed by atoms with Crippen LogP contribution in [-0.4, -0.2) is 45.0 Å². The highest BCUT2D eigenvalue weighted by Gasteiger charge is 2.28. The van der Waals surface area contributed by atoms with Crippen molar-refractivity contribution in [3.05, 3.63) is 24.0 Å². The summed E-state index contributed by atoms with van der Waals surface area (Å²) in [5.74, 6) is 1.79. The lowest BCUT2D eigenvalue weighted by Crippen LogP contribution is -2.41. The number of rotatable bonds is 2. The van der Waals surface area contributed by atoms with Crippen LogP contribution in [0.25, 0.3) is 11.4 Å². The van der Waals surface area contributed by atoms with Gasteiger partial charge in [0.15, 0.2) is 11.6 Å². The van der Waals surface area contributed by atoms with Crippen molar-refractivity contribution >= 4 is 11.8 Å². The maximum Gasteiger partial charge on any atom is 0.410 e. The third-order valence-electron chi connectivity index (χ3n) is 3.80. The number of benzene rings is 1. The lowest BCUT2D eigenvalue weighted by molar-refractivity contribution is 0.0190. The smallest absolute Gasteiger partial charge is 0.410 e. The molecule has 0 saturated heterocycles. The summed E-state index contributed by atoms with van der Waals surface area (Å²) in [6.07, 6.45) is -0.343. The Bertz CT molecular complexity index is 794. The predicted molar refractivity (Wildman–Crippen MR) is 93.1 cm³/mol. The Balaban J connectivity index is 1.85. The van der Waals surface area contributed by atoms with E-state index in [4.69, 9.17) is 15.2 Å². The van der Waals surface area contributed by atoms with Crippen LogP contribution in [0.4, 0.5) is 10.5 Å². The molecule has 1 aliphatic rings. The minimum atomic E-state index is -0.526. The first-order valence-corrected chi connectivity index (χ1v) is 8.13. The van der Waals surface area contributed by atoms with Crippen LogP contribution in [0.5, 0.6) is 5.75 Å². The standard InChI is InChI=1S/C17H23N5O3/c1-17(2,3)25-16(23)21-8-9-22-13(10-21)19-15(20-22)11-6-5-7-12(18)14(11)24-4/h5-7H,8-10,18H2,1-4H3. The highest BCUT2D eigenvalue weighted by Crippen LogP contribution is 2.33. The van der Waals surface area contributed by atoms with Crippen LogP contribution in [0.2, 0.25) is 0 Å². The summed E-state index contributed by atoms with van der Waals surface area (Å²) in [6, 6.07) is 5.46. The third-order valence-corrected chi connectivity index (χ3v) is 3.80. The van der Waals surface area contributed by atoms with Gasteiger partial charge in [-0.05, 0) is 32.9 Å². The largest absolute Gasteiger partial charge is 0.494 e. The van der Waals surface area contributed by atoms with Gasteiger partial charge in [-0.1, -0.05) is 6.07 Å². The zero-order valence-corrected chi connectivity index (χ0v) is 14.9. The van der Waals surface area contributed by atoms with Gasteiger partial charge in [-0.15, -0.1) is 0 Å². The molecule has 3 rings (SSSR count). The Morgan fingerprint density at radius 2 is 2.04 bits per heavy atom. The van der Waals surface area contributed by atoms with Gasteiger partial charge in [0.2, 0.25) is 0 Å². The lowest BCUT2D eigenvalue weighted by Gasteiger charge is -2.29. The maximum atomic E-state index is 12.3. The summed E-state index contributed by atoms with van der Waals surface area (Å²) < 4.78 is 12.6. The van der Waals surface area contributed by atoms with Gasteiger partial charge >= 0.3 is 6.09 Å². The van der Waals surface area contributed by atoms with E-state index in [0.717, 1.165) is 5.56 Å². The zero-order chi connectivity index (χ0) is 18.2. The first-order valence-electron chi connectivity index (χ1n) is 8.13. The van der Waals surface area contributed by atoms with Crippen LogP contribution < -0.4 is 10.5 Å². The molecule has 0 spiro atoms. The number of methoxy groups -OCH3 is 1. The molecule has 1 amide bonds. The van der Waals surface area contributed by atoms with E-state index in [1.165, 1.54) is 0 Å². The molecule has 0 aliphatic carbocycles. The van der Waals surface area contributed by atoms with Gasteiger partial charge in [0, 0.05) is 6.54 Å². The Hall–Kier alpha value is -2.77. The summed E-state index contributed by atoms with van der Waals surface area (Å²) in [4.78, 5) is 18.5. The number of nitrogens with two attached hydrogens (primary N) is 1. The van der Waals surface area contributed by atoms with E-state index in [-0.39, 0.29) is 6.09 Å². The molecule has 1 aromatic carbocycles. The van der Waals surface area contributed by atoms with Gasteiger partial charge in [-0.25, -0.2) is 14.5 Å². The van der Waals surface area contributed by atoms with E-state index in [9.17, 15) is 4.79 Å². The molecule has 134 valence electrons. The van der Waals surface area contributed by atoms with Crippen molar-refractivity contribution in [2.45, 2.75) is 39.5 Å².